The third kappa shape index (κ3) is 2.76. The van der Waals surface area contributed by atoms with Crippen molar-refractivity contribution in [2.24, 2.45) is 17.1 Å². The Kier molecular flexibility index (Phi) is 4.68. The minimum absolute atomic E-state index is 0.0316. The first-order valence-corrected chi connectivity index (χ1v) is 9.14. The van der Waals surface area contributed by atoms with Crippen LogP contribution in [0.15, 0.2) is 47.2 Å². The first kappa shape index (κ1) is 18.9. The van der Waals surface area contributed by atoms with E-state index >= 15 is 0 Å². The molecule has 0 spiro atoms. The van der Waals surface area contributed by atoms with Gasteiger partial charge in [0.15, 0.2) is 5.41 Å². The lowest BCUT2D eigenvalue weighted by atomic mass is 9.58. The van der Waals surface area contributed by atoms with E-state index in [1.807, 2.05) is 18.2 Å². The lowest BCUT2D eigenvalue weighted by molar-refractivity contribution is -0.138. The molecule has 1 aliphatic heterocycles. The van der Waals surface area contributed by atoms with Crippen molar-refractivity contribution in [3.05, 3.63) is 58.3 Å². The standard InChI is InChI=1S/C19H13F3N4S/c20-19(21,22)15-4-2-1-3-12(15)16-14-8-27-6-5-11(14)13(7-23)17(26)18(16,9-24)10-25/h1-5,14,16H,6,8,26H2. The molecule has 0 aromatic heterocycles. The van der Waals surface area contributed by atoms with Crippen LogP contribution >= 0.6 is 11.8 Å². The molecule has 0 saturated carbocycles. The lowest BCUT2D eigenvalue weighted by Crippen LogP contribution is -2.44. The second kappa shape index (κ2) is 6.68. The van der Waals surface area contributed by atoms with Crippen LogP contribution in [0.4, 0.5) is 13.2 Å². The van der Waals surface area contributed by atoms with E-state index in [2.05, 4.69) is 0 Å². The molecular weight excluding hydrogens is 373 g/mol. The molecule has 4 nitrogen and oxygen atoms in total. The van der Waals surface area contributed by atoms with Gasteiger partial charge in [-0.15, -0.1) is 0 Å². The van der Waals surface area contributed by atoms with Crippen molar-refractivity contribution in [3.8, 4) is 18.2 Å². The molecule has 2 aliphatic rings. The minimum atomic E-state index is -4.65. The highest BCUT2D eigenvalue weighted by molar-refractivity contribution is 7.99. The van der Waals surface area contributed by atoms with Gasteiger partial charge in [-0.3, -0.25) is 0 Å². The Labute approximate surface area is 158 Å². The molecule has 2 atom stereocenters. The fraction of sp³-hybridized carbons (Fsp3) is 0.316. The maximum Gasteiger partial charge on any atom is 0.416 e. The molecule has 1 heterocycles. The van der Waals surface area contributed by atoms with Gasteiger partial charge in [-0.25, -0.2) is 0 Å². The zero-order chi connectivity index (χ0) is 19.8. The Morgan fingerprint density at radius 3 is 2.41 bits per heavy atom. The summed E-state index contributed by atoms with van der Waals surface area (Å²) in [5.41, 5.74) is 3.26. The maximum atomic E-state index is 13.6. The second-order valence-corrected chi connectivity index (χ2v) is 7.37. The number of alkyl halides is 3. The summed E-state index contributed by atoms with van der Waals surface area (Å²) in [7, 11) is 0. The van der Waals surface area contributed by atoms with Crippen LogP contribution < -0.4 is 5.73 Å². The first-order valence-electron chi connectivity index (χ1n) is 7.99. The quantitative estimate of drug-likeness (QED) is 0.790. The van der Waals surface area contributed by atoms with Crippen molar-refractivity contribution >= 4 is 11.8 Å². The van der Waals surface area contributed by atoms with Crippen LogP contribution in [0.1, 0.15) is 17.0 Å². The van der Waals surface area contributed by atoms with Gasteiger partial charge in [-0.2, -0.15) is 40.7 Å². The van der Waals surface area contributed by atoms with Gasteiger partial charge >= 0.3 is 6.18 Å². The summed E-state index contributed by atoms with van der Waals surface area (Å²) in [5.74, 6) is -0.731. The van der Waals surface area contributed by atoms with Gasteiger partial charge in [0.2, 0.25) is 0 Å². The van der Waals surface area contributed by atoms with E-state index < -0.39 is 29.0 Å². The zero-order valence-corrected chi connectivity index (χ0v) is 14.7. The molecule has 0 amide bonds. The molecule has 136 valence electrons. The molecule has 3 rings (SSSR count). The number of nitriles is 3. The summed E-state index contributed by atoms with van der Waals surface area (Å²) in [6.07, 6.45) is -2.89. The summed E-state index contributed by atoms with van der Waals surface area (Å²) < 4.78 is 40.9. The van der Waals surface area contributed by atoms with Crippen molar-refractivity contribution in [1.82, 2.24) is 0 Å². The lowest BCUT2D eigenvalue weighted by Gasteiger charge is -2.43. The van der Waals surface area contributed by atoms with Crippen LogP contribution in [0.2, 0.25) is 0 Å². The topological polar surface area (TPSA) is 97.4 Å². The second-order valence-electron chi connectivity index (χ2n) is 6.30. The van der Waals surface area contributed by atoms with Crippen LogP contribution in [0.5, 0.6) is 0 Å². The number of hydrogen-bond donors (Lipinski definition) is 1. The first-order chi connectivity index (χ1) is 12.8. The number of nitrogens with zero attached hydrogens (tertiary/aromatic N) is 3. The molecule has 2 N–H and O–H groups in total. The van der Waals surface area contributed by atoms with Crippen LogP contribution in [0, 0.1) is 45.3 Å². The average Bonchev–Trinajstić information content (AvgIpc) is 2.66. The van der Waals surface area contributed by atoms with Crippen LogP contribution in [0.25, 0.3) is 0 Å². The number of thioether (sulfide) groups is 1. The highest BCUT2D eigenvalue weighted by Gasteiger charge is 2.55. The van der Waals surface area contributed by atoms with Gasteiger partial charge in [0.1, 0.15) is 6.07 Å². The minimum Gasteiger partial charge on any atom is -0.399 e. The molecule has 27 heavy (non-hydrogen) atoms. The highest BCUT2D eigenvalue weighted by Crippen LogP contribution is 2.56. The van der Waals surface area contributed by atoms with E-state index in [9.17, 15) is 29.0 Å². The van der Waals surface area contributed by atoms with Gasteiger partial charge in [0.25, 0.3) is 0 Å². The number of halogens is 3. The third-order valence-electron chi connectivity index (χ3n) is 5.04. The molecule has 8 heteroatoms. The van der Waals surface area contributed by atoms with E-state index in [4.69, 9.17) is 5.73 Å². The number of rotatable bonds is 1. The summed E-state index contributed by atoms with van der Waals surface area (Å²) in [6.45, 7) is 0. The van der Waals surface area contributed by atoms with Crippen LogP contribution in [0.3, 0.4) is 0 Å². The molecule has 0 bridgehead atoms. The van der Waals surface area contributed by atoms with Gasteiger partial charge in [0, 0.05) is 23.3 Å². The fourth-order valence-corrected chi connectivity index (χ4v) is 4.92. The van der Waals surface area contributed by atoms with Crippen molar-refractivity contribution < 1.29 is 13.2 Å². The van der Waals surface area contributed by atoms with E-state index in [1.54, 1.807) is 6.08 Å². The normalized spacial score (nSPS) is 24.1. The molecule has 1 aromatic rings. The van der Waals surface area contributed by atoms with E-state index in [-0.39, 0.29) is 16.8 Å². The average molecular weight is 386 g/mol. The molecule has 2 unspecified atom stereocenters. The van der Waals surface area contributed by atoms with Crippen molar-refractivity contribution in [2.45, 2.75) is 12.1 Å². The Hall–Kier alpha value is -2.89. The number of nitrogens with two attached hydrogens (primary N) is 1. The van der Waals surface area contributed by atoms with Crippen molar-refractivity contribution in [3.63, 3.8) is 0 Å². The van der Waals surface area contributed by atoms with Crippen molar-refractivity contribution in [2.75, 3.05) is 11.5 Å². The molecular formula is C19H13F3N4S. The molecule has 0 fully saturated rings. The largest absolute Gasteiger partial charge is 0.416 e. The molecule has 0 radical (unpaired) electrons. The Balaban J connectivity index is 2.39. The smallest absolute Gasteiger partial charge is 0.399 e. The van der Waals surface area contributed by atoms with Gasteiger partial charge in [-0.05, 0) is 17.2 Å². The summed E-state index contributed by atoms with van der Waals surface area (Å²) in [6, 6.07) is 10.6. The van der Waals surface area contributed by atoms with Gasteiger partial charge in [0.05, 0.1) is 29.0 Å². The van der Waals surface area contributed by atoms with E-state index in [0.29, 0.717) is 17.1 Å². The predicted molar refractivity (Wildman–Crippen MR) is 93.6 cm³/mol. The Morgan fingerprint density at radius 2 is 1.81 bits per heavy atom. The van der Waals surface area contributed by atoms with Gasteiger partial charge in [-0.1, -0.05) is 24.3 Å². The number of benzene rings is 1. The van der Waals surface area contributed by atoms with Crippen LogP contribution in [-0.4, -0.2) is 11.5 Å². The SMILES string of the molecule is N#CC1=C(N)C(C#N)(C#N)C(c2ccccc2C(F)(F)F)C2CSCC=C12. The van der Waals surface area contributed by atoms with Gasteiger partial charge < -0.3 is 5.73 Å². The Bertz CT molecular complexity index is 958. The molecule has 1 aromatic carbocycles. The zero-order valence-electron chi connectivity index (χ0n) is 13.9. The number of allylic oxidation sites excluding steroid dienone is 3. The van der Waals surface area contributed by atoms with Crippen molar-refractivity contribution in [1.29, 1.82) is 15.8 Å². The van der Waals surface area contributed by atoms with Crippen LogP contribution in [-0.2, 0) is 6.18 Å². The number of fused-ring (bicyclic) bond motifs is 1. The number of hydrogen-bond acceptors (Lipinski definition) is 5. The van der Waals surface area contributed by atoms with E-state index in [1.165, 1.54) is 30.0 Å². The maximum absolute atomic E-state index is 13.6. The fourth-order valence-electron chi connectivity index (χ4n) is 3.86. The Morgan fingerprint density at radius 1 is 1.15 bits per heavy atom. The summed E-state index contributed by atoms with van der Waals surface area (Å²) in [5, 5.41) is 29.2. The molecule has 0 saturated heterocycles. The third-order valence-corrected chi connectivity index (χ3v) is 6.03. The van der Waals surface area contributed by atoms with E-state index in [0.717, 1.165) is 6.07 Å². The molecule has 1 aliphatic carbocycles. The highest BCUT2D eigenvalue weighted by atomic mass is 32.2. The monoisotopic (exact) mass is 386 g/mol. The summed E-state index contributed by atoms with van der Waals surface area (Å²) in [4.78, 5) is 0. The summed E-state index contributed by atoms with van der Waals surface area (Å²) >= 11 is 1.48. The predicted octanol–water partition coefficient (Wildman–Crippen LogP) is 3.86.